The van der Waals surface area contributed by atoms with Gasteiger partial charge in [-0.15, -0.1) is 5.10 Å². The lowest BCUT2D eigenvalue weighted by Crippen LogP contribution is -2.55. The molecule has 2 amide bonds. The Kier molecular flexibility index (Phi) is 5.68. The highest BCUT2D eigenvalue weighted by molar-refractivity contribution is 7.08. The second kappa shape index (κ2) is 7.78. The first-order valence-corrected chi connectivity index (χ1v) is 9.73. The molecule has 138 valence electrons. The zero-order chi connectivity index (χ0) is 17.9. The molecule has 7 nitrogen and oxygen atoms in total. The van der Waals surface area contributed by atoms with E-state index in [1.54, 1.807) is 7.11 Å². The normalized spacial score (nSPS) is 24.2. The van der Waals surface area contributed by atoms with Crippen LogP contribution in [0.4, 0.5) is 0 Å². The van der Waals surface area contributed by atoms with Gasteiger partial charge in [0.2, 0.25) is 5.91 Å². The van der Waals surface area contributed by atoms with Gasteiger partial charge in [0.05, 0.1) is 12.3 Å². The van der Waals surface area contributed by atoms with Crippen molar-refractivity contribution in [1.82, 2.24) is 19.4 Å². The average molecular weight is 366 g/mol. The quantitative estimate of drug-likeness (QED) is 0.791. The van der Waals surface area contributed by atoms with Gasteiger partial charge in [-0.1, -0.05) is 11.4 Å². The zero-order valence-corrected chi connectivity index (χ0v) is 15.8. The van der Waals surface area contributed by atoms with Crippen molar-refractivity contribution in [3.63, 3.8) is 0 Å². The number of carbonyl (C=O) groups is 2. The van der Waals surface area contributed by atoms with Crippen LogP contribution in [0.3, 0.4) is 0 Å². The summed E-state index contributed by atoms with van der Waals surface area (Å²) >= 11 is 1.19. The maximum absolute atomic E-state index is 12.9. The molecule has 1 aromatic rings. The molecule has 2 aliphatic heterocycles. The summed E-state index contributed by atoms with van der Waals surface area (Å²) in [5.41, 5.74) is 0.801. The molecule has 2 aliphatic rings. The molecule has 0 aliphatic carbocycles. The first-order valence-electron chi connectivity index (χ1n) is 8.96. The van der Waals surface area contributed by atoms with Gasteiger partial charge < -0.3 is 14.5 Å². The van der Waals surface area contributed by atoms with Crippen molar-refractivity contribution in [2.75, 3.05) is 39.9 Å². The number of ether oxygens (including phenoxy) is 1. The monoisotopic (exact) mass is 366 g/mol. The highest BCUT2D eigenvalue weighted by atomic mass is 32.1. The number of amides is 2. The third-order valence-corrected chi connectivity index (χ3v) is 6.10. The van der Waals surface area contributed by atoms with Crippen molar-refractivity contribution >= 4 is 23.3 Å². The SMILES string of the molecule is CCc1nnsc1C(=O)N1CCC[C@]2(CCC(=O)N(CCOC)C2)C1. The second-order valence-electron chi connectivity index (χ2n) is 7.04. The van der Waals surface area contributed by atoms with Crippen LogP contribution in [-0.2, 0) is 16.0 Å². The van der Waals surface area contributed by atoms with E-state index in [-0.39, 0.29) is 17.2 Å². The van der Waals surface area contributed by atoms with Crippen LogP contribution >= 0.6 is 11.5 Å². The molecule has 2 fully saturated rings. The molecule has 0 N–H and O–H groups in total. The Morgan fingerprint density at radius 2 is 2.20 bits per heavy atom. The fourth-order valence-corrected chi connectivity index (χ4v) is 4.69. The van der Waals surface area contributed by atoms with Gasteiger partial charge in [-0.05, 0) is 37.2 Å². The molecule has 1 aromatic heterocycles. The van der Waals surface area contributed by atoms with E-state index >= 15 is 0 Å². The summed E-state index contributed by atoms with van der Waals surface area (Å²) in [6.45, 7) is 5.38. The highest BCUT2D eigenvalue weighted by Crippen LogP contribution is 2.39. The van der Waals surface area contributed by atoms with Gasteiger partial charge in [-0.3, -0.25) is 9.59 Å². The Hall–Kier alpha value is -1.54. The average Bonchev–Trinajstić information content (AvgIpc) is 3.11. The summed E-state index contributed by atoms with van der Waals surface area (Å²) in [7, 11) is 1.65. The van der Waals surface area contributed by atoms with Gasteiger partial charge in [0.1, 0.15) is 4.88 Å². The number of aromatic nitrogens is 2. The molecule has 0 unspecified atom stereocenters. The van der Waals surface area contributed by atoms with Gasteiger partial charge in [0.25, 0.3) is 5.91 Å². The van der Waals surface area contributed by atoms with Crippen molar-refractivity contribution in [3.8, 4) is 0 Å². The lowest BCUT2D eigenvalue weighted by atomic mass is 9.73. The van der Waals surface area contributed by atoms with E-state index in [2.05, 4.69) is 9.59 Å². The Morgan fingerprint density at radius 1 is 1.36 bits per heavy atom. The van der Waals surface area contributed by atoms with Crippen molar-refractivity contribution in [1.29, 1.82) is 0 Å². The van der Waals surface area contributed by atoms with Gasteiger partial charge in [0.15, 0.2) is 0 Å². The Bertz CT molecular complexity index is 635. The number of carbonyl (C=O) groups excluding carboxylic acids is 2. The second-order valence-corrected chi connectivity index (χ2v) is 7.79. The van der Waals surface area contributed by atoms with Crippen LogP contribution in [0.2, 0.25) is 0 Å². The first-order chi connectivity index (χ1) is 12.1. The topological polar surface area (TPSA) is 75.6 Å². The molecule has 25 heavy (non-hydrogen) atoms. The minimum atomic E-state index is 0.0139. The van der Waals surface area contributed by atoms with Crippen molar-refractivity contribution in [3.05, 3.63) is 10.6 Å². The van der Waals surface area contributed by atoms with Crippen LogP contribution in [0, 0.1) is 5.41 Å². The minimum Gasteiger partial charge on any atom is -0.383 e. The number of aryl methyl sites for hydroxylation is 1. The fraction of sp³-hybridized carbons (Fsp3) is 0.765. The molecule has 8 heteroatoms. The van der Waals surface area contributed by atoms with E-state index in [4.69, 9.17) is 4.74 Å². The van der Waals surface area contributed by atoms with Crippen LogP contribution in [0.25, 0.3) is 0 Å². The number of piperidine rings is 2. The third-order valence-electron chi connectivity index (χ3n) is 5.35. The van der Waals surface area contributed by atoms with E-state index < -0.39 is 0 Å². The van der Waals surface area contributed by atoms with Crippen LogP contribution in [0.5, 0.6) is 0 Å². The first kappa shape index (κ1) is 18.3. The molecule has 3 rings (SSSR count). The Labute approximate surface area is 152 Å². The smallest absolute Gasteiger partial charge is 0.267 e. The number of hydrogen-bond acceptors (Lipinski definition) is 6. The summed E-state index contributed by atoms with van der Waals surface area (Å²) in [5, 5.41) is 4.06. The predicted molar refractivity (Wildman–Crippen MR) is 94.5 cm³/mol. The lowest BCUT2D eigenvalue weighted by Gasteiger charge is -2.48. The maximum atomic E-state index is 12.9. The molecule has 0 aromatic carbocycles. The number of nitrogens with zero attached hydrogens (tertiary/aromatic N) is 4. The van der Waals surface area contributed by atoms with E-state index in [0.29, 0.717) is 31.0 Å². The van der Waals surface area contributed by atoms with Crippen LogP contribution in [0.1, 0.15) is 48.0 Å². The lowest BCUT2D eigenvalue weighted by molar-refractivity contribution is -0.139. The predicted octanol–water partition coefficient (Wildman–Crippen LogP) is 1.59. The number of hydrogen-bond donors (Lipinski definition) is 0. The van der Waals surface area contributed by atoms with Gasteiger partial charge in [-0.25, -0.2) is 0 Å². The Morgan fingerprint density at radius 3 is 2.96 bits per heavy atom. The molecule has 0 bridgehead atoms. The molecule has 1 spiro atoms. The third kappa shape index (κ3) is 3.84. The van der Waals surface area contributed by atoms with Crippen molar-refractivity contribution in [2.24, 2.45) is 5.41 Å². The van der Waals surface area contributed by atoms with Gasteiger partial charge in [-0.2, -0.15) is 0 Å². The van der Waals surface area contributed by atoms with E-state index in [9.17, 15) is 9.59 Å². The largest absolute Gasteiger partial charge is 0.383 e. The van der Waals surface area contributed by atoms with E-state index in [1.807, 2.05) is 16.7 Å². The highest BCUT2D eigenvalue weighted by Gasteiger charge is 2.43. The summed E-state index contributed by atoms with van der Waals surface area (Å²) in [6, 6.07) is 0. The minimum absolute atomic E-state index is 0.0139. The molecule has 2 saturated heterocycles. The number of likely N-dealkylation sites (tertiary alicyclic amines) is 2. The summed E-state index contributed by atoms with van der Waals surface area (Å²) in [6.07, 6.45) is 4.19. The van der Waals surface area contributed by atoms with Gasteiger partial charge >= 0.3 is 0 Å². The van der Waals surface area contributed by atoms with Crippen LogP contribution in [0.15, 0.2) is 0 Å². The Balaban J connectivity index is 1.71. The van der Waals surface area contributed by atoms with E-state index in [0.717, 1.165) is 44.5 Å². The van der Waals surface area contributed by atoms with Crippen LogP contribution in [-0.4, -0.2) is 71.1 Å². The molecule has 3 heterocycles. The van der Waals surface area contributed by atoms with Crippen LogP contribution < -0.4 is 0 Å². The zero-order valence-electron chi connectivity index (χ0n) is 15.0. The van der Waals surface area contributed by atoms with Gasteiger partial charge in [0, 0.05) is 45.1 Å². The molecule has 0 radical (unpaired) electrons. The number of methoxy groups -OCH3 is 1. The maximum Gasteiger partial charge on any atom is 0.267 e. The summed E-state index contributed by atoms with van der Waals surface area (Å²) in [5.74, 6) is 0.248. The standard InChI is InChI=1S/C17H26N4O3S/c1-3-13-15(25-19-18-13)16(23)21-8-4-6-17(12-21)7-5-14(22)20(11-17)9-10-24-2/h3-12H2,1-2H3/t17-/m1/s1. The molecule has 1 atom stereocenters. The summed E-state index contributed by atoms with van der Waals surface area (Å²) in [4.78, 5) is 29.7. The molecule has 0 saturated carbocycles. The summed E-state index contributed by atoms with van der Waals surface area (Å²) < 4.78 is 9.08. The number of rotatable bonds is 5. The van der Waals surface area contributed by atoms with Crippen molar-refractivity contribution in [2.45, 2.75) is 39.0 Å². The van der Waals surface area contributed by atoms with Crippen molar-refractivity contribution < 1.29 is 14.3 Å². The molecular formula is C17H26N4O3S. The van der Waals surface area contributed by atoms with E-state index in [1.165, 1.54) is 11.5 Å². The molecular weight excluding hydrogens is 340 g/mol. The fourth-order valence-electron chi connectivity index (χ4n) is 3.97.